The maximum Gasteiger partial charge on any atom is 0.242 e. The van der Waals surface area contributed by atoms with Crippen LogP contribution in [0.15, 0.2) is 41.8 Å². The lowest BCUT2D eigenvalue weighted by molar-refractivity contribution is -0.143. The van der Waals surface area contributed by atoms with Gasteiger partial charge in [0.05, 0.1) is 19.2 Å². The molecule has 2 aromatic rings. The van der Waals surface area contributed by atoms with Crippen LogP contribution in [0.25, 0.3) is 0 Å². The second-order valence-electron chi connectivity index (χ2n) is 9.00. The van der Waals surface area contributed by atoms with Gasteiger partial charge in [0, 0.05) is 31.5 Å². The number of ether oxygens (including phenoxy) is 1. The van der Waals surface area contributed by atoms with Gasteiger partial charge in [-0.3, -0.25) is 9.59 Å². The van der Waals surface area contributed by atoms with Crippen LogP contribution in [-0.2, 0) is 20.7 Å². The summed E-state index contributed by atoms with van der Waals surface area (Å²) in [5.41, 5.74) is 2.18. The second kappa shape index (κ2) is 9.75. The minimum atomic E-state index is -0.130. The van der Waals surface area contributed by atoms with Crippen LogP contribution in [0, 0.1) is 5.41 Å². The van der Waals surface area contributed by atoms with Gasteiger partial charge in [-0.25, -0.2) is 0 Å². The highest BCUT2D eigenvalue weighted by molar-refractivity contribution is 7.10. The summed E-state index contributed by atoms with van der Waals surface area (Å²) in [6.07, 6.45) is 1.26. The van der Waals surface area contributed by atoms with Crippen LogP contribution >= 0.6 is 11.3 Å². The summed E-state index contributed by atoms with van der Waals surface area (Å²) in [5.74, 6) is -0.0172. The molecule has 2 heterocycles. The Balaban J connectivity index is 1.83. The predicted molar refractivity (Wildman–Crippen MR) is 121 cm³/mol. The molecular formula is C24H32N2O3S. The molecule has 162 valence electrons. The van der Waals surface area contributed by atoms with E-state index in [9.17, 15) is 9.59 Å². The average molecular weight is 429 g/mol. The number of amides is 2. The monoisotopic (exact) mass is 428 g/mol. The van der Waals surface area contributed by atoms with E-state index in [1.165, 1.54) is 10.4 Å². The lowest BCUT2D eigenvalue weighted by Gasteiger charge is -2.38. The molecule has 1 aromatic heterocycles. The number of benzene rings is 1. The third-order valence-corrected chi connectivity index (χ3v) is 6.32. The number of carbonyl (C=O) groups excluding carboxylic acids is 2. The van der Waals surface area contributed by atoms with Crippen LogP contribution in [0.4, 0.5) is 0 Å². The molecule has 0 saturated carbocycles. The van der Waals surface area contributed by atoms with E-state index in [2.05, 4.69) is 23.6 Å². The van der Waals surface area contributed by atoms with E-state index in [1.807, 2.05) is 43.9 Å². The molecule has 0 saturated heterocycles. The van der Waals surface area contributed by atoms with Crippen molar-refractivity contribution in [2.75, 3.05) is 33.4 Å². The Morgan fingerprint density at radius 1 is 1.20 bits per heavy atom. The fourth-order valence-electron chi connectivity index (χ4n) is 3.89. The van der Waals surface area contributed by atoms with Crippen LogP contribution in [0.3, 0.4) is 0 Å². The first-order chi connectivity index (χ1) is 14.3. The van der Waals surface area contributed by atoms with E-state index < -0.39 is 0 Å². The lowest BCUT2D eigenvalue weighted by atomic mass is 9.91. The van der Waals surface area contributed by atoms with Crippen molar-refractivity contribution in [1.29, 1.82) is 0 Å². The number of rotatable bonds is 7. The van der Waals surface area contributed by atoms with Crippen LogP contribution in [0.1, 0.15) is 49.2 Å². The van der Waals surface area contributed by atoms with Crippen molar-refractivity contribution in [1.82, 2.24) is 9.80 Å². The van der Waals surface area contributed by atoms with Crippen molar-refractivity contribution in [3.05, 3.63) is 57.8 Å². The summed E-state index contributed by atoms with van der Waals surface area (Å²) in [4.78, 5) is 31.3. The van der Waals surface area contributed by atoms with Gasteiger partial charge in [0.2, 0.25) is 11.8 Å². The number of thiophene rings is 1. The molecule has 0 bridgehead atoms. The molecule has 30 heavy (non-hydrogen) atoms. The SMILES string of the molecule is COCCN(CC(=O)N1CCc2sccc2C1c1ccccc1)C(=O)CC(C)(C)C. The van der Waals surface area contributed by atoms with E-state index in [0.29, 0.717) is 26.1 Å². The molecule has 3 rings (SSSR count). The van der Waals surface area contributed by atoms with E-state index in [1.54, 1.807) is 23.3 Å². The van der Waals surface area contributed by atoms with E-state index in [0.717, 1.165) is 12.0 Å². The molecule has 0 radical (unpaired) electrons. The maximum absolute atomic E-state index is 13.5. The topological polar surface area (TPSA) is 49.9 Å². The van der Waals surface area contributed by atoms with Crippen molar-refractivity contribution in [2.24, 2.45) is 5.41 Å². The maximum atomic E-state index is 13.5. The normalized spacial score (nSPS) is 16.3. The third-order valence-electron chi connectivity index (χ3n) is 5.33. The molecule has 0 fully saturated rings. The van der Waals surface area contributed by atoms with Gasteiger partial charge < -0.3 is 14.5 Å². The Hall–Kier alpha value is -2.18. The zero-order valence-corrected chi connectivity index (χ0v) is 19.2. The highest BCUT2D eigenvalue weighted by Crippen LogP contribution is 2.37. The molecule has 1 unspecified atom stereocenters. The molecule has 0 N–H and O–H groups in total. The summed E-state index contributed by atoms with van der Waals surface area (Å²) in [6.45, 7) is 7.70. The first-order valence-electron chi connectivity index (χ1n) is 10.5. The summed E-state index contributed by atoms with van der Waals surface area (Å²) < 4.78 is 5.19. The molecule has 2 amide bonds. The van der Waals surface area contributed by atoms with Crippen LogP contribution in [-0.4, -0.2) is 55.0 Å². The molecule has 5 nitrogen and oxygen atoms in total. The summed E-state index contributed by atoms with van der Waals surface area (Å²) in [7, 11) is 1.61. The Morgan fingerprint density at radius 2 is 1.93 bits per heavy atom. The Morgan fingerprint density at radius 3 is 2.60 bits per heavy atom. The quantitative estimate of drug-likeness (QED) is 0.666. The van der Waals surface area contributed by atoms with Crippen molar-refractivity contribution in [2.45, 2.75) is 39.7 Å². The molecule has 0 spiro atoms. The molecule has 1 aromatic carbocycles. The van der Waals surface area contributed by atoms with Crippen molar-refractivity contribution >= 4 is 23.2 Å². The summed E-state index contributed by atoms with van der Waals surface area (Å²) in [6, 6.07) is 12.2. The van der Waals surface area contributed by atoms with Crippen LogP contribution in [0.2, 0.25) is 0 Å². The fourth-order valence-corrected chi connectivity index (χ4v) is 4.80. The number of hydrogen-bond donors (Lipinski definition) is 0. The van der Waals surface area contributed by atoms with Gasteiger partial charge in [-0.2, -0.15) is 0 Å². The lowest BCUT2D eigenvalue weighted by Crippen LogP contribution is -2.47. The van der Waals surface area contributed by atoms with E-state index in [-0.39, 0.29) is 29.8 Å². The van der Waals surface area contributed by atoms with Gasteiger partial charge in [-0.05, 0) is 34.4 Å². The number of fused-ring (bicyclic) bond motifs is 1. The van der Waals surface area contributed by atoms with Crippen molar-refractivity contribution in [3.63, 3.8) is 0 Å². The molecule has 1 atom stereocenters. The fraction of sp³-hybridized carbons (Fsp3) is 0.500. The van der Waals surface area contributed by atoms with Crippen molar-refractivity contribution < 1.29 is 14.3 Å². The average Bonchev–Trinajstić information content (AvgIpc) is 3.18. The standard InChI is InChI=1S/C24H32N2O3S/c1-24(2,3)16-21(27)25(13-14-29-4)17-22(28)26-12-10-20-19(11-15-30-20)23(26)18-8-6-5-7-9-18/h5-9,11,15,23H,10,12-14,16-17H2,1-4H3. The van der Waals surface area contributed by atoms with E-state index >= 15 is 0 Å². The Kier molecular flexibility index (Phi) is 7.32. The summed E-state index contributed by atoms with van der Waals surface area (Å²) in [5, 5.41) is 2.10. The first-order valence-corrected chi connectivity index (χ1v) is 11.4. The van der Waals surface area contributed by atoms with Crippen LogP contribution in [0.5, 0.6) is 0 Å². The second-order valence-corrected chi connectivity index (χ2v) is 10.00. The van der Waals surface area contributed by atoms with Gasteiger partial charge in [0.15, 0.2) is 0 Å². The minimum Gasteiger partial charge on any atom is -0.383 e. The van der Waals surface area contributed by atoms with Gasteiger partial charge in [0.25, 0.3) is 0 Å². The minimum absolute atomic E-state index is 0.00241. The summed E-state index contributed by atoms with van der Waals surface area (Å²) >= 11 is 1.75. The van der Waals surface area contributed by atoms with Gasteiger partial charge in [-0.15, -0.1) is 11.3 Å². The van der Waals surface area contributed by atoms with Gasteiger partial charge in [-0.1, -0.05) is 51.1 Å². The molecule has 6 heteroatoms. The Labute approximate surface area is 183 Å². The third kappa shape index (κ3) is 5.49. The smallest absolute Gasteiger partial charge is 0.242 e. The van der Waals surface area contributed by atoms with Crippen molar-refractivity contribution in [3.8, 4) is 0 Å². The number of hydrogen-bond acceptors (Lipinski definition) is 4. The van der Waals surface area contributed by atoms with Crippen LogP contribution < -0.4 is 0 Å². The first kappa shape index (κ1) is 22.5. The Bertz CT molecular complexity index is 857. The zero-order valence-electron chi connectivity index (χ0n) is 18.4. The van der Waals surface area contributed by atoms with E-state index in [4.69, 9.17) is 4.74 Å². The molecule has 1 aliphatic rings. The molecule has 1 aliphatic heterocycles. The van der Waals surface area contributed by atoms with Gasteiger partial charge >= 0.3 is 0 Å². The number of carbonyl (C=O) groups is 2. The number of methoxy groups -OCH3 is 1. The molecule has 0 aliphatic carbocycles. The highest BCUT2D eigenvalue weighted by Gasteiger charge is 2.34. The molecular weight excluding hydrogens is 396 g/mol. The number of nitrogens with zero attached hydrogens (tertiary/aromatic N) is 2. The highest BCUT2D eigenvalue weighted by atomic mass is 32.1. The largest absolute Gasteiger partial charge is 0.383 e. The predicted octanol–water partition coefficient (Wildman–Crippen LogP) is 4.13. The zero-order chi connectivity index (χ0) is 21.7. The van der Waals surface area contributed by atoms with Gasteiger partial charge in [0.1, 0.15) is 0 Å².